The van der Waals surface area contributed by atoms with Gasteiger partial charge in [-0.1, -0.05) is 6.07 Å². The van der Waals surface area contributed by atoms with Crippen LogP contribution in [0.15, 0.2) is 30.3 Å². The molecule has 0 aliphatic carbocycles. The molecule has 0 bridgehead atoms. The van der Waals surface area contributed by atoms with E-state index in [2.05, 4.69) is 5.32 Å². The Morgan fingerprint density at radius 3 is 2.45 bits per heavy atom. The zero-order valence-electron chi connectivity index (χ0n) is 12.6. The van der Waals surface area contributed by atoms with Gasteiger partial charge in [0.15, 0.2) is 23.0 Å². The van der Waals surface area contributed by atoms with Gasteiger partial charge in [0.05, 0.1) is 14.2 Å². The molecule has 5 heteroatoms. The van der Waals surface area contributed by atoms with Gasteiger partial charge in [-0.05, 0) is 41.0 Å². The number of benzene rings is 2. The molecule has 1 atom stereocenters. The molecule has 0 unspecified atom stereocenters. The predicted octanol–water partition coefficient (Wildman–Crippen LogP) is 2.35. The standard InChI is InChI=1S/C17H19NO4/c1-21-16-5-10(3-4-14(16)19)13-9-18-8-11-6-17(22-2)15(20)7-12(11)13/h3-7,13,18-20H,8-9H2,1-2H3/t13-/m1/s1. The number of rotatable bonds is 3. The van der Waals surface area contributed by atoms with Gasteiger partial charge in [-0.15, -0.1) is 0 Å². The summed E-state index contributed by atoms with van der Waals surface area (Å²) in [6.07, 6.45) is 0. The van der Waals surface area contributed by atoms with E-state index in [-0.39, 0.29) is 17.4 Å². The van der Waals surface area contributed by atoms with Crippen molar-refractivity contribution in [3.8, 4) is 23.0 Å². The summed E-state index contributed by atoms with van der Waals surface area (Å²) in [5, 5.41) is 23.2. The van der Waals surface area contributed by atoms with Gasteiger partial charge in [-0.2, -0.15) is 0 Å². The molecule has 1 heterocycles. The maximum atomic E-state index is 10.1. The average molecular weight is 301 g/mol. The van der Waals surface area contributed by atoms with Gasteiger partial charge in [0.25, 0.3) is 0 Å². The van der Waals surface area contributed by atoms with Crippen LogP contribution in [0, 0.1) is 0 Å². The van der Waals surface area contributed by atoms with Crippen LogP contribution in [-0.2, 0) is 6.54 Å². The average Bonchev–Trinajstić information content (AvgIpc) is 2.54. The second-order valence-electron chi connectivity index (χ2n) is 5.34. The van der Waals surface area contributed by atoms with E-state index in [1.54, 1.807) is 19.2 Å². The third-order valence-corrected chi connectivity index (χ3v) is 4.09. The molecule has 0 fully saturated rings. The Kier molecular flexibility index (Phi) is 3.81. The summed E-state index contributed by atoms with van der Waals surface area (Å²) in [6.45, 7) is 1.49. The van der Waals surface area contributed by atoms with Crippen molar-refractivity contribution >= 4 is 0 Å². The van der Waals surface area contributed by atoms with Crippen molar-refractivity contribution in [3.05, 3.63) is 47.0 Å². The summed E-state index contributed by atoms with van der Waals surface area (Å²) in [4.78, 5) is 0. The Morgan fingerprint density at radius 1 is 1.00 bits per heavy atom. The second kappa shape index (κ2) is 5.77. The van der Waals surface area contributed by atoms with Crippen molar-refractivity contribution in [2.24, 2.45) is 0 Å². The Bertz CT molecular complexity index is 699. The zero-order chi connectivity index (χ0) is 15.7. The van der Waals surface area contributed by atoms with Crippen molar-refractivity contribution in [3.63, 3.8) is 0 Å². The van der Waals surface area contributed by atoms with Crippen LogP contribution >= 0.6 is 0 Å². The number of hydrogen-bond acceptors (Lipinski definition) is 5. The molecule has 2 aromatic rings. The van der Waals surface area contributed by atoms with Crippen molar-refractivity contribution in [1.82, 2.24) is 5.32 Å². The molecule has 0 aromatic heterocycles. The first-order valence-corrected chi connectivity index (χ1v) is 7.11. The number of ether oxygens (including phenoxy) is 2. The van der Waals surface area contributed by atoms with E-state index in [0.29, 0.717) is 11.5 Å². The van der Waals surface area contributed by atoms with E-state index in [1.165, 1.54) is 7.11 Å². The number of phenols is 2. The van der Waals surface area contributed by atoms with Crippen LogP contribution in [0.1, 0.15) is 22.6 Å². The second-order valence-corrected chi connectivity index (χ2v) is 5.34. The van der Waals surface area contributed by atoms with Crippen LogP contribution in [0.3, 0.4) is 0 Å². The fourth-order valence-corrected chi connectivity index (χ4v) is 2.94. The number of fused-ring (bicyclic) bond motifs is 1. The number of methoxy groups -OCH3 is 2. The van der Waals surface area contributed by atoms with Gasteiger partial charge in [-0.25, -0.2) is 0 Å². The smallest absolute Gasteiger partial charge is 0.160 e. The van der Waals surface area contributed by atoms with Crippen molar-refractivity contribution in [2.45, 2.75) is 12.5 Å². The lowest BCUT2D eigenvalue weighted by Gasteiger charge is -2.28. The van der Waals surface area contributed by atoms with E-state index >= 15 is 0 Å². The third-order valence-electron chi connectivity index (χ3n) is 4.09. The normalized spacial score (nSPS) is 16.9. The highest BCUT2D eigenvalue weighted by molar-refractivity contribution is 5.53. The van der Waals surface area contributed by atoms with Crippen molar-refractivity contribution in [1.29, 1.82) is 0 Å². The molecule has 3 N–H and O–H groups in total. The number of phenolic OH excluding ortho intramolecular Hbond substituents is 2. The van der Waals surface area contributed by atoms with Crippen molar-refractivity contribution < 1.29 is 19.7 Å². The summed E-state index contributed by atoms with van der Waals surface area (Å²) in [6, 6.07) is 8.96. The molecule has 0 saturated carbocycles. The van der Waals surface area contributed by atoms with Crippen LogP contribution in [0.5, 0.6) is 23.0 Å². The summed E-state index contributed by atoms with van der Waals surface area (Å²) in [5.41, 5.74) is 3.18. The molecule has 116 valence electrons. The minimum absolute atomic E-state index is 0.0788. The van der Waals surface area contributed by atoms with Gasteiger partial charge in [0, 0.05) is 19.0 Å². The first-order chi connectivity index (χ1) is 10.6. The highest BCUT2D eigenvalue weighted by atomic mass is 16.5. The highest BCUT2D eigenvalue weighted by Crippen LogP contribution is 2.39. The summed E-state index contributed by atoms with van der Waals surface area (Å²) >= 11 is 0. The maximum Gasteiger partial charge on any atom is 0.160 e. The zero-order valence-corrected chi connectivity index (χ0v) is 12.6. The highest BCUT2D eigenvalue weighted by Gasteiger charge is 2.24. The van der Waals surface area contributed by atoms with Crippen LogP contribution < -0.4 is 14.8 Å². The van der Waals surface area contributed by atoms with E-state index in [1.807, 2.05) is 18.2 Å². The Labute approximate surface area is 129 Å². The van der Waals surface area contributed by atoms with Crippen LogP contribution in [0.2, 0.25) is 0 Å². The first kappa shape index (κ1) is 14.5. The minimum atomic E-state index is 0.0788. The molecule has 0 saturated heterocycles. The molecule has 5 nitrogen and oxygen atoms in total. The Balaban J connectivity index is 2.06. The van der Waals surface area contributed by atoms with Gasteiger partial charge in [0.1, 0.15) is 0 Å². The van der Waals surface area contributed by atoms with Crippen molar-refractivity contribution in [2.75, 3.05) is 20.8 Å². The molecule has 1 aliphatic heterocycles. The molecule has 0 amide bonds. The topological polar surface area (TPSA) is 71.0 Å². The lowest BCUT2D eigenvalue weighted by atomic mass is 9.85. The molecule has 3 rings (SSSR count). The summed E-state index contributed by atoms with van der Waals surface area (Å²) in [7, 11) is 3.07. The minimum Gasteiger partial charge on any atom is -0.504 e. The summed E-state index contributed by atoms with van der Waals surface area (Å²) in [5.74, 6) is 1.26. The van der Waals surface area contributed by atoms with E-state index < -0.39 is 0 Å². The SMILES string of the molecule is COc1cc([C@H]2CNCc3cc(OC)c(O)cc32)ccc1O. The molecular weight excluding hydrogens is 282 g/mol. The number of nitrogens with one attached hydrogen (secondary N) is 1. The van der Waals surface area contributed by atoms with Crippen LogP contribution in [0.25, 0.3) is 0 Å². The molecule has 1 aliphatic rings. The fraction of sp³-hybridized carbons (Fsp3) is 0.294. The molecule has 0 spiro atoms. The van der Waals surface area contributed by atoms with Gasteiger partial charge in [0.2, 0.25) is 0 Å². The lowest BCUT2D eigenvalue weighted by Crippen LogP contribution is -2.28. The first-order valence-electron chi connectivity index (χ1n) is 7.11. The molecule has 22 heavy (non-hydrogen) atoms. The Morgan fingerprint density at radius 2 is 1.73 bits per heavy atom. The number of aromatic hydroxyl groups is 2. The maximum absolute atomic E-state index is 10.1. The quantitative estimate of drug-likeness (QED) is 0.812. The largest absolute Gasteiger partial charge is 0.504 e. The summed E-state index contributed by atoms with van der Waals surface area (Å²) < 4.78 is 10.4. The van der Waals surface area contributed by atoms with Crippen LogP contribution in [-0.4, -0.2) is 31.0 Å². The van der Waals surface area contributed by atoms with Gasteiger partial charge < -0.3 is 25.0 Å². The molecule has 0 radical (unpaired) electrons. The monoisotopic (exact) mass is 301 g/mol. The predicted molar refractivity (Wildman–Crippen MR) is 82.9 cm³/mol. The van der Waals surface area contributed by atoms with Gasteiger partial charge in [-0.3, -0.25) is 0 Å². The van der Waals surface area contributed by atoms with Gasteiger partial charge >= 0.3 is 0 Å². The lowest BCUT2D eigenvalue weighted by molar-refractivity contribution is 0.370. The molecular formula is C17H19NO4. The third kappa shape index (κ3) is 2.44. The van der Waals surface area contributed by atoms with Crippen LogP contribution in [0.4, 0.5) is 0 Å². The van der Waals surface area contributed by atoms with E-state index in [4.69, 9.17) is 9.47 Å². The van der Waals surface area contributed by atoms with E-state index in [9.17, 15) is 10.2 Å². The van der Waals surface area contributed by atoms with E-state index in [0.717, 1.165) is 29.8 Å². The Hall–Kier alpha value is -2.40. The fourth-order valence-electron chi connectivity index (χ4n) is 2.94. The number of hydrogen-bond donors (Lipinski definition) is 3. The molecule has 2 aromatic carbocycles.